The Morgan fingerprint density at radius 2 is 1.40 bits per heavy atom. The van der Waals surface area contributed by atoms with Gasteiger partial charge in [-0.1, -0.05) is 68.9 Å². The van der Waals surface area contributed by atoms with Crippen LogP contribution >= 0.6 is 0 Å². The van der Waals surface area contributed by atoms with Gasteiger partial charge in [0.05, 0.1) is 55.0 Å². The normalized spacial score (nSPS) is 15.7. The summed E-state index contributed by atoms with van der Waals surface area (Å²) in [5.41, 5.74) is 14.5. The molecule has 0 amide bonds. The van der Waals surface area contributed by atoms with E-state index >= 15 is 0 Å². The first-order chi connectivity index (χ1) is 32.6. The van der Waals surface area contributed by atoms with Crippen LogP contribution in [-0.4, -0.2) is 96.1 Å². The molecule has 0 bridgehead atoms. The molecule has 0 spiro atoms. The van der Waals surface area contributed by atoms with Crippen molar-refractivity contribution in [3.8, 4) is 0 Å². The standard InChI is InChI=1S/C11H17N3O.C10H15N3O2.C10H13N3O.C10H13N3.C9H12N4/c1-8-12-10-9(5-6-15-13-10)7-14(8)11(2,3)4;1-10(2,3)13-6-7-4-5-15-12-8(7)11-9(13)14;1-10(2,3)7-6-12-13-8(14)4-5-11-9(7)13;1-10(2,3)7-4-12-8-5-11-6-13-9(7)8;1-9(2,3)8-7-6(12-13-8)4-10-5-11-7/h7H,1,5-6H2,2-4H3,(H,12,13);6H,4-5H2,1-3H3,(H,11,12,14);5-6H,4H2,1-3H3;4-6,12H,1-3H3;4-5H,1-3H3,(H,12,13). The molecule has 6 aromatic heterocycles. The van der Waals surface area contributed by atoms with Crippen LogP contribution in [0.3, 0.4) is 0 Å². The van der Waals surface area contributed by atoms with Gasteiger partial charge >= 0.3 is 5.69 Å². The largest absolute Gasteiger partial charge is 0.358 e. The van der Waals surface area contributed by atoms with Gasteiger partial charge in [0, 0.05) is 76.4 Å². The first kappa shape index (κ1) is 52.4. The lowest BCUT2D eigenvalue weighted by Crippen LogP contribution is -2.42. The van der Waals surface area contributed by atoms with E-state index in [0.717, 1.165) is 63.4 Å². The van der Waals surface area contributed by atoms with Crippen molar-refractivity contribution in [1.82, 2.24) is 64.8 Å². The molecule has 70 heavy (non-hydrogen) atoms. The molecule has 10 heterocycles. The highest BCUT2D eigenvalue weighted by atomic mass is 16.6. The average Bonchev–Trinajstić information content (AvgIpc) is 4.04. The summed E-state index contributed by atoms with van der Waals surface area (Å²) >= 11 is 0. The van der Waals surface area contributed by atoms with Gasteiger partial charge in [0.2, 0.25) is 0 Å². The second-order valence-electron chi connectivity index (χ2n) is 22.2. The quantitative estimate of drug-likeness (QED) is 0.112. The zero-order valence-corrected chi connectivity index (χ0v) is 43.4. The van der Waals surface area contributed by atoms with E-state index in [1.807, 2.05) is 33.2 Å². The third kappa shape index (κ3) is 12.6. The van der Waals surface area contributed by atoms with E-state index in [9.17, 15) is 9.59 Å². The summed E-state index contributed by atoms with van der Waals surface area (Å²) in [7, 11) is 0. The predicted molar refractivity (Wildman–Crippen MR) is 274 cm³/mol. The lowest BCUT2D eigenvalue weighted by Gasteiger charge is -2.38. The Labute approximate surface area is 409 Å². The smallest absolute Gasteiger partial charge is 0.350 e. The van der Waals surface area contributed by atoms with E-state index in [4.69, 9.17) is 9.68 Å². The number of amidine groups is 1. The molecule has 0 unspecified atom stereocenters. The van der Waals surface area contributed by atoms with Crippen molar-refractivity contribution in [2.24, 2.45) is 9.98 Å². The van der Waals surface area contributed by atoms with Crippen molar-refractivity contribution in [2.75, 3.05) is 18.7 Å². The number of hydrogen-bond donors (Lipinski definition) is 4. The van der Waals surface area contributed by atoms with E-state index in [1.165, 1.54) is 15.8 Å². The Morgan fingerprint density at radius 1 is 0.743 bits per heavy atom. The minimum absolute atomic E-state index is 0.00880. The number of hydrogen-bond acceptors (Lipinski definition) is 16. The second-order valence-corrected chi connectivity index (χ2v) is 22.2. The fourth-order valence-electron chi connectivity index (χ4n) is 7.41. The Balaban J connectivity index is 0.000000144. The maximum atomic E-state index is 11.7. The van der Waals surface area contributed by atoms with Crippen LogP contribution in [0, 0.1) is 0 Å². The Kier molecular flexibility index (Phi) is 15.4. The summed E-state index contributed by atoms with van der Waals surface area (Å²) in [6.07, 6.45) is 18.0. The van der Waals surface area contributed by atoms with Crippen LogP contribution < -0.4 is 16.6 Å². The molecule has 20 heteroatoms. The minimum atomic E-state index is -0.251. The van der Waals surface area contributed by atoms with Gasteiger partial charge in [0.25, 0.3) is 5.91 Å². The summed E-state index contributed by atoms with van der Waals surface area (Å²) < 4.78 is 3.04. The molecule has 0 aliphatic carbocycles. The van der Waals surface area contributed by atoms with Crippen molar-refractivity contribution in [3.63, 3.8) is 0 Å². The summed E-state index contributed by atoms with van der Waals surface area (Å²) in [6.45, 7) is 36.8. The van der Waals surface area contributed by atoms with Crippen molar-refractivity contribution in [2.45, 2.75) is 150 Å². The molecule has 0 aromatic carbocycles. The van der Waals surface area contributed by atoms with Crippen LogP contribution in [0.1, 0.15) is 144 Å². The van der Waals surface area contributed by atoms with Crippen LogP contribution in [0.2, 0.25) is 0 Å². The van der Waals surface area contributed by atoms with Crippen LogP contribution in [0.4, 0.5) is 11.6 Å². The van der Waals surface area contributed by atoms with Gasteiger partial charge in [-0.15, -0.1) is 0 Å². The number of carbonyl (C=O) groups excluding carboxylic acids is 1. The number of rotatable bonds is 0. The zero-order chi connectivity index (χ0) is 51.4. The second kappa shape index (κ2) is 20.6. The first-order valence-corrected chi connectivity index (χ1v) is 23.4. The molecule has 0 radical (unpaired) electrons. The molecule has 4 aliphatic heterocycles. The molecule has 4 aliphatic rings. The number of aromatic amines is 2. The molecule has 0 saturated carbocycles. The maximum Gasteiger partial charge on any atom is 0.350 e. The summed E-state index contributed by atoms with van der Waals surface area (Å²) in [5, 5.41) is 11.2. The van der Waals surface area contributed by atoms with Crippen LogP contribution in [-0.2, 0) is 37.9 Å². The van der Waals surface area contributed by atoms with Crippen molar-refractivity contribution < 1.29 is 14.5 Å². The Morgan fingerprint density at radius 3 is 2.06 bits per heavy atom. The molecular weight excluding hydrogens is 889 g/mol. The summed E-state index contributed by atoms with van der Waals surface area (Å²) in [5.74, 6) is 2.78. The van der Waals surface area contributed by atoms with Gasteiger partial charge in [0.15, 0.2) is 17.5 Å². The summed E-state index contributed by atoms with van der Waals surface area (Å²) in [6, 6.07) is 0. The van der Waals surface area contributed by atoms with Crippen LogP contribution in [0.5, 0.6) is 0 Å². The molecule has 6 aromatic rings. The Bertz CT molecular complexity index is 2890. The average molecular weight is 959 g/mol. The summed E-state index contributed by atoms with van der Waals surface area (Å²) in [4.78, 5) is 67.5. The van der Waals surface area contributed by atoms with Gasteiger partial charge in [-0.05, 0) is 52.4 Å². The topological polar surface area (TPSA) is 236 Å². The van der Waals surface area contributed by atoms with E-state index in [1.54, 1.807) is 42.0 Å². The molecular formula is C50H70N16O4. The van der Waals surface area contributed by atoms with Crippen molar-refractivity contribution in [1.29, 1.82) is 0 Å². The number of anilines is 1. The van der Waals surface area contributed by atoms with Gasteiger partial charge in [-0.25, -0.2) is 45.7 Å². The third-order valence-electron chi connectivity index (χ3n) is 11.2. The van der Waals surface area contributed by atoms with Gasteiger partial charge in [-0.2, -0.15) is 19.9 Å². The highest BCUT2D eigenvalue weighted by molar-refractivity contribution is 5.99. The predicted octanol–water partition coefficient (Wildman–Crippen LogP) is 8.51. The molecule has 10 rings (SSSR count). The minimum Gasteiger partial charge on any atom is -0.358 e. The van der Waals surface area contributed by atoms with E-state index in [-0.39, 0.29) is 38.9 Å². The lowest BCUT2D eigenvalue weighted by molar-refractivity contribution is 0.0759. The van der Waals surface area contributed by atoms with Crippen molar-refractivity contribution in [3.05, 3.63) is 101 Å². The van der Waals surface area contributed by atoms with Gasteiger partial charge in [0.1, 0.15) is 29.5 Å². The first-order valence-electron chi connectivity index (χ1n) is 23.4. The third-order valence-corrected chi connectivity index (χ3v) is 11.2. The molecule has 1 fully saturated rings. The number of nitrogens with zero attached hydrogens (tertiary/aromatic N) is 12. The monoisotopic (exact) mass is 959 g/mol. The number of aromatic nitrogens is 11. The molecule has 4 N–H and O–H groups in total. The number of hydroxylamine groups is 1. The highest BCUT2D eigenvalue weighted by Crippen LogP contribution is 2.33. The molecule has 1 saturated heterocycles. The van der Waals surface area contributed by atoms with Gasteiger partial charge in [-0.3, -0.25) is 24.1 Å². The lowest BCUT2D eigenvalue weighted by atomic mass is 9.88. The molecule has 0 atom stereocenters. The van der Waals surface area contributed by atoms with Gasteiger partial charge < -0.3 is 9.88 Å². The van der Waals surface area contributed by atoms with Crippen LogP contribution in [0.15, 0.2) is 82.6 Å². The fraction of sp³-hybridized carbons (Fsp3) is 0.500. The van der Waals surface area contributed by atoms with E-state index < -0.39 is 0 Å². The van der Waals surface area contributed by atoms with E-state index in [2.05, 4.69) is 167 Å². The number of H-pyrrole nitrogens is 2. The SMILES string of the molecule is C=C1N=C2NOCCC2=CN1C(C)(C)C.CC(C)(C)c1[nH]nc2cncnc12.CC(C)(C)c1c[nH]c2cncnc12.CC(C)(C)c1cnn2c1N=CCC2=O.CC(C)(C)n1cc2c(nc1=O)NOCC2. The number of fused-ring (bicyclic) bond motifs is 5. The van der Waals surface area contributed by atoms with Crippen molar-refractivity contribution >= 4 is 51.7 Å². The Hall–Kier alpha value is -6.93. The number of nitrogens with one attached hydrogen (secondary N) is 4. The number of carbonyl (C=O) groups is 1. The fourth-order valence-corrected chi connectivity index (χ4v) is 7.41. The highest BCUT2D eigenvalue weighted by Gasteiger charge is 2.29. The maximum absolute atomic E-state index is 11.7. The van der Waals surface area contributed by atoms with Crippen LogP contribution in [0.25, 0.3) is 22.1 Å². The number of aliphatic imine (C=N–C) groups is 2. The molecule has 374 valence electrons. The molecule has 20 nitrogen and oxygen atoms in total. The zero-order valence-electron chi connectivity index (χ0n) is 43.4. The van der Waals surface area contributed by atoms with E-state index in [0.29, 0.717) is 31.3 Å².